The number of halogens is 2. The van der Waals surface area contributed by atoms with Gasteiger partial charge in [0.2, 0.25) is 5.60 Å². The normalized spacial score (nSPS) is 43.7. The smallest absolute Gasteiger partial charge is 0.345 e. The molecule has 3 nitrogen and oxygen atoms in total. The van der Waals surface area contributed by atoms with Crippen LogP contribution in [0.4, 0.5) is 0 Å². The van der Waals surface area contributed by atoms with Gasteiger partial charge in [-0.05, 0) is 33.6 Å². The van der Waals surface area contributed by atoms with E-state index in [0.29, 0.717) is 12.8 Å². The zero-order chi connectivity index (χ0) is 11.5. The molecule has 15 heavy (non-hydrogen) atoms. The lowest BCUT2D eigenvalue weighted by Crippen LogP contribution is -2.40. The number of ether oxygens (including phenoxy) is 2. The summed E-state index contributed by atoms with van der Waals surface area (Å²) in [6.45, 7) is 5.41. The molecule has 0 aromatic heterocycles. The van der Waals surface area contributed by atoms with Crippen LogP contribution in [0.15, 0.2) is 0 Å². The molecule has 2 aliphatic rings. The molecule has 0 aromatic rings. The summed E-state index contributed by atoms with van der Waals surface area (Å²) in [5, 5.41) is -1.30. The maximum atomic E-state index is 11.9. The number of hydrogen-bond donors (Lipinski definition) is 0. The molecule has 1 aliphatic carbocycles. The van der Waals surface area contributed by atoms with Crippen LogP contribution in [0, 0.1) is 0 Å². The Balaban J connectivity index is 2.15. The quantitative estimate of drug-likeness (QED) is 0.409. The second kappa shape index (κ2) is 3.02. The fraction of sp³-hybridized carbons (Fsp3) is 0.900. The molecule has 1 saturated heterocycles. The van der Waals surface area contributed by atoms with Crippen LogP contribution < -0.4 is 0 Å². The van der Waals surface area contributed by atoms with Crippen molar-refractivity contribution in [2.24, 2.45) is 0 Å². The van der Waals surface area contributed by atoms with Gasteiger partial charge in [0.15, 0.2) is 5.06 Å². The maximum absolute atomic E-state index is 11.9. The number of epoxide rings is 1. The molecular formula is C10H14Cl2O3. The molecule has 0 bridgehead atoms. The van der Waals surface area contributed by atoms with E-state index in [2.05, 4.69) is 0 Å². The van der Waals surface area contributed by atoms with Crippen LogP contribution in [0.1, 0.15) is 33.6 Å². The van der Waals surface area contributed by atoms with Gasteiger partial charge in [0, 0.05) is 0 Å². The van der Waals surface area contributed by atoms with Crippen LogP contribution in [0.5, 0.6) is 0 Å². The van der Waals surface area contributed by atoms with Crippen molar-refractivity contribution in [3.05, 3.63) is 0 Å². The molecule has 0 aromatic carbocycles. The first kappa shape index (κ1) is 11.5. The van der Waals surface area contributed by atoms with Gasteiger partial charge in [0.1, 0.15) is 5.60 Å². The second-order valence-electron chi connectivity index (χ2n) is 5.07. The zero-order valence-corrected chi connectivity index (χ0v) is 10.5. The van der Waals surface area contributed by atoms with Crippen molar-refractivity contribution in [3.8, 4) is 0 Å². The summed E-state index contributed by atoms with van der Waals surface area (Å²) >= 11 is 12.2. The van der Waals surface area contributed by atoms with E-state index in [-0.39, 0.29) is 5.38 Å². The van der Waals surface area contributed by atoms with Crippen LogP contribution in [0.2, 0.25) is 0 Å². The number of fused-ring (bicyclic) bond motifs is 1. The van der Waals surface area contributed by atoms with Crippen LogP contribution in [-0.4, -0.2) is 27.6 Å². The number of rotatable bonds is 1. The fourth-order valence-electron chi connectivity index (χ4n) is 1.96. The first-order valence-corrected chi connectivity index (χ1v) is 5.79. The van der Waals surface area contributed by atoms with Crippen LogP contribution in [0.25, 0.3) is 0 Å². The van der Waals surface area contributed by atoms with E-state index in [4.69, 9.17) is 32.7 Å². The van der Waals surface area contributed by atoms with E-state index in [1.165, 1.54) is 0 Å². The minimum Gasteiger partial charge on any atom is -0.458 e. The molecule has 5 heteroatoms. The zero-order valence-electron chi connectivity index (χ0n) is 8.97. The lowest BCUT2D eigenvalue weighted by molar-refractivity contribution is -0.161. The summed E-state index contributed by atoms with van der Waals surface area (Å²) < 4.78 is 10.6. The summed E-state index contributed by atoms with van der Waals surface area (Å²) in [6, 6.07) is 0. The van der Waals surface area contributed by atoms with Crippen LogP contribution in [0.3, 0.4) is 0 Å². The summed E-state index contributed by atoms with van der Waals surface area (Å²) in [7, 11) is 0. The van der Waals surface area contributed by atoms with Gasteiger partial charge >= 0.3 is 5.97 Å². The third-order valence-corrected chi connectivity index (χ3v) is 3.77. The highest BCUT2D eigenvalue weighted by Gasteiger charge is 2.82. The number of carbonyl (C=O) groups is 1. The largest absolute Gasteiger partial charge is 0.458 e. The van der Waals surface area contributed by atoms with Gasteiger partial charge < -0.3 is 9.47 Å². The van der Waals surface area contributed by atoms with Crippen molar-refractivity contribution in [1.29, 1.82) is 0 Å². The maximum Gasteiger partial charge on any atom is 0.345 e. The van der Waals surface area contributed by atoms with Gasteiger partial charge in [-0.3, -0.25) is 0 Å². The summed E-state index contributed by atoms with van der Waals surface area (Å²) in [5.41, 5.74) is -1.65. The first-order valence-electron chi connectivity index (χ1n) is 4.98. The average molecular weight is 253 g/mol. The third kappa shape index (κ3) is 1.56. The van der Waals surface area contributed by atoms with Crippen LogP contribution >= 0.6 is 23.2 Å². The van der Waals surface area contributed by atoms with Crippen molar-refractivity contribution < 1.29 is 14.3 Å². The molecule has 86 valence electrons. The molecule has 0 N–H and O–H groups in total. The molecule has 0 spiro atoms. The monoisotopic (exact) mass is 252 g/mol. The van der Waals surface area contributed by atoms with E-state index < -0.39 is 22.2 Å². The summed E-state index contributed by atoms with van der Waals surface area (Å²) in [5.74, 6) is -0.442. The Labute approximate surface area is 99.0 Å². The predicted octanol–water partition coefficient (Wildman–Crippen LogP) is 2.43. The van der Waals surface area contributed by atoms with Crippen molar-refractivity contribution >= 4 is 29.2 Å². The van der Waals surface area contributed by atoms with Crippen molar-refractivity contribution in [3.63, 3.8) is 0 Å². The molecule has 2 rings (SSSR count). The minimum absolute atomic E-state index is 0.384. The van der Waals surface area contributed by atoms with E-state index in [9.17, 15) is 4.79 Å². The molecule has 0 radical (unpaired) electrons. The number of alkyl halides is 2. The molecule has 1 heterocycles. The van der Waals surface area contributed by atoms with E-state index in [1.807, 2.05) is 0 Å². The third-order valence-electron chi connectivity index (χ3n) is 2.70. The molecule has 2 fully saturated rings. The lowest BCUT2D eigenvalue weighted by atomic mass is 10.1. The molecule has 1 saturated carbocycles. The Morgan fingerprint density at radius 1 is 1.53 bits per heavy atom. The first-order chi connectivity index (χ1) is 6.71. The second-order valence-corrected chi connectivity index (χ2v) is 6.21. The molecular weight excluding hydrogens is 239 g/mol. The Hall–Kier alpha value is 0.01000. The van der Waals surface area contributed by atoms with Crippen LogP contribution in [-0.2, 0) is 14.3 Å². The van der Waals surface area contributed by atoms with E-state index >= 15 is 0 Å². The number of carbonyl (C=O) groups excluding carboxylic acids is 1. The molecule has 0 amide bonds. The van der Waals surface area contributed by atoms with Gasteiger partial charge in [0.05, 0.1) is 5.38 Å². The van der Waals surface area contributed by atoms with Gasteiger partial charge in [-0.2, -0.15) is 0 Å². The number of esters is 1. The Morgan fingerprint density at radius 2 is 2.13 bits per heavy atom. The summed E-state index contributed by atoms with van der Waals surface area (Å²) in [4.78, 5) is 11.9. The van der Waals surface area contributed by atoms with Gasteiger partial charge in [-0.25, -0.2) is 4.79 Å². The number of hydrogen-bond acceptors (Lipinski definition) is 3. The molecule has 3 atom stereocenters. The van der Waals surface area contributed by atoms with E-state index in [1.54, 1.807) is 20.8 Å². The topological polar surface area (TPSA) is 38.8 Å². The molecule has 1 aliphatic heterocycles. The highest BCUT2D eigenvalue weighted by molar-refractivity contribution is 6.33. The van der Waals surface area contributed by atoms with Crippen molar-refractivity contribution in [2.75, 3.05) is 0 Å². The van der Waals surface area contributed by atoms with Crippen molar-refractivity contribution in [2.45, 2.75) is 55.3 Å². The predicted molar refractivity (Wildman–Crippen MR) is 57.1 cm³/mol. The Morgan fingerprint density at radius 3 is 2.47 bits per heavy atom. The Bertz CT molecular complexity index is 312. The van der Waals surface area contributed by atoms with Crippen molar-refractivity contribution in [1.82, 2.24) is 0 Å². The van der Waals surface area contributed by atoms with Gasteiger partial charge in [0.25, 0.3) is 0 Å². The van der Waals surface area contributed by atoms with Gasteiger partial charge in [-0.1, -0.05) is 11.6 Å². The van der Waals surface area contributed by atoms with Gasteiger partial charge in [-0.15, -0.1) is 11.6 Å². The standard InChI is InChI=1S/C10H14Cl2O3/c1-8(2,3)14-7(13)10-6(11)4-5-9(10,12)15-10/h6H,4-5H2,1-3H3/t6-,9+,10+/m0/s1. The fourth-order valence-corrected chi connectivity index (χ4v) is 2.87. The molecule has 0 unspecified atom stereocenters. The average Bonchev–Trinajstić information content (AvgIpc) is 2.60. The highest BCUT2D eigenvalue weighted by Crippen LogP contribution is 2.64. The lowest BCUT2D eigenvalue weighted by Gasteiger charge is -2.23. The minimum atomic E-state index is -1.11. The SMILES string of the molecule is CC(C)(C)OC(=O)[C@@]12O[C@]1(Cl)CC[C@@H]2Cl. The Kier molecular flexibility index (Phi) is 2.32. The van der Waals surface area contributed by atoms with E-state index in [0.717, 1.165) is 0 Å². The highest BCUT2D eigenvalue weighted by atomic mass is 35.5. The summed E-state index contributed by atoms with van der Waals surface area (Å²) in [6.07, 6.45) is 1.28.